The Hall–Kier alpha value is -3.26. The van der Waals surface area contributed by atoms with E-state index in [0.717, 1.165) is 54.2 Å². The van der Waals surface area contributed by atoms with Gasteiger partial charge in [-0.1, -0.05) is 12.1 Å². The summed E-state index contributed by atoms with van der Waals surface area (Å²) >= 11 is 0. The predicted octanol–water partition coefficient (Wildman–Crippen LogP) is 6.94. The second-order valence-corrected chi connectivity index (χ2v) is 8.06. The second-order valence-electron chi connectivity index (χ2n) is 8.06. The summed E-state index contributed by atoms with van der Waals surface area (Å²) < 4.78 is 0. The molecule has 0 aliphatic carbocycles. The highest BCUT2D eigenvalue weighted by Gasteiger charge is 2.13. The van der Waals surface area contributed by atoms with Crippen LogP contribution in [0.2, 0.25) is 0 Å². The maximum Gasteiger partial charge on any atom is 0.131 e. The number of rotatable bonds is 0. The first-order chi connectivity index (χ1) is 13.3. The predicted molar refractivity (Wildman–Crippen MR) is 119 cm³/mol. The van der Waals surface area contributed by atoms with Gasteiger partial charge in [-0.25, -0.2) is 0 Å². The lowest BCUT2D eigenvalue weighted by Crippen LogP contribution is -1.87. The minimum absolute atomic E-state index is 0.275. The molecular formula is C26H22O2. The Morgan fingerprint density at radius 2 is 0.679 bits per heavy atom. The van der Waals surface area contributed by atoms with Gasteiger partial charge in [0.2, 0.25) is 0 Å². The lowest BCUT2D eigenvalue weighted by molar-refractivity contribution is 0.487. The Kier molecular flexibility index (Phi) is 3.39. The van der Waals surface area contributed by atoms with Gasteiger partial charge in [-0.05, 0) is 108 Å². The second kappa shape index (κ2) is 5.62. The molecule has 5 aromatic carbocycles. The SMILES string of the molecule is Cc1cc2cc3cc4cc5cc(C)c(C)cc5c(O)c4cc3c(O)c2cc1C. The molecule has 0 radical (unpaired) electrons. The van der Waals surface area contributed by atoms with Gasteiger partial charge in [-0.3, -0.25) is 0 Å². The average molecular weight is 366 g/mol. The van der Waals surface area contributed by atoms with Crippen LogP contribution in [-0.4, -0.2) is 10.2 Å². The van der Waals surface area contributed by atoms with Crippen molar-refractivity contribution in [2.45, 2.75) is 27.7 Å². The Morgan fingerprint density at radius 1 is 0.393 bits per heavy atom. The van der Waals surface area contributed by atoms with E-state index in [2.05, 4.69) is 58.0 Å². The van der Waals surface area contributed by atoms with E-state index >= 15 is 0 Å². The van der Waals surface area contributed by atoms with Gasteiger partial charge in [-0.15, -0.1) is 0 Å². The third-order valence-electron chi connectivity index (χ3n) is 6.20. The van der Waals surface area contributed by atoms with Crippen molar-refractivity contribution in [2.24, 2.45) is 0 Å². The highest BCUT2D eigenvalue weighted by Crippen LogP contribution is 2.41. The molecule has 0 aromatic heterocycles. The van der Waals surface area contributed by atoms with E-state index in [1.807, 2.05) is 18.2 Å². The van der Waals surface area contributed by atoms with Crippen LogP contribution in [-0.2, 0) is 0 Å². The molecule has 2 N–H and O–H groups in total. The van der Waals surface area contributed by atoms with E-state index in [9.17, 15) is 10.2 Å². The van der Waals surface area contributed by atoms with Gasteiger partial charge >= 0.3 is 0 Å². The molecule has 0 aliphatic rings. The quantitative estimate of drug-likeness (QED) is 0.291. The summed E-state index contributed by atoms with van der Waals surface area (Å²) in [6.07, 6.45) is 0. The molecular weight excluding hydrogens is 344 g/mol. The topological polar surface area (TPSA) is 40.5 Å². The van der Waals surface area contributed by atoms with Gasteiger partial charge < -0.3 is 10.2 Å². The van der Waals surface area contributed by atoms with Crippen molar-refractivity contribution in [3.8, 4) is 11.5 Å². The average Bonchev–Trinajstić information content (AvgIpc) is 2.65. The molecule has 28 heavy (non-hydrogen) atoms. The first kappa shape index (κ1) is 16.9. The van der Waals surface area contributed by atoms with Gasteiger partial charge in [0.05, 0.1) is 0 Å². The Balaban J connectivity index is 1.95. The molecule has 0 heterocycles. The van der Waals surface area contributed by atoms with Crippen LogP contribution < -0.4 is 0 Å². The fourth-order valence-corrected chi connectivity index (χ4v) is 4.23. The van der Waals surface area contributed by atoms with E-state index in [-0.39, 0.29) is 11.5 Å². The van der Waals surface area contributed by atoms with Crippen LogP contribution in [0.4, 0.5) is 0 Å². The number of aryl methyl sites for hydroxylation is 4. The minimum Gasteiger partial charge on any atom is -0.507 e. The van der Waals surface area contributed by atoms with Crippen LogP contribution in [0.5, 0.6) is 11.5 Å². The summed E-state index contributed by atoms with van der Waals surface area (Å²) in [5, 5.41) is 29.2. The first-order valence-electron chi connectivity index (χ1n) is 9.57. The standard InChI is InChI=1S/C26H22O2/c1-13-5-17-9-19-11-20-10-18-6-14(2)16(4)8-22(18)26(28)24(20)12-23(19)25(27)21(17)7-15(13)3/h5-12,27-28H,1-4H3. The summed E-state index contributed by atoms with van der Waals surface area (Å²) in [5.41, 5.74) is 4.73. The third-order valence-corrected chi connectivity index (χ3v) is 6.20. The van der Waals surface area contributed by atoms with E-state index in [0.29, 0.717) is 0 Å². The van der Waals surface area contributed by atoms with Gasteiger partial charge in [0.1, 0.15) is 11.5 Å². The van der Waals surface area contributed by atoms with Crippen LogP contribution in [0.15, 0.2) is 48.5 Å². The maximum atomic E-state index is 11.0. The summed E-state index contributed by atoms with van der Waals surface area (Å²) in [6, 6.07) is 16.5. The fourth-order valence-electron chi connectivity index (χ4n) is 4.23. The van der Waals surface area contributed by atoms with E-state index < -0.39 is 0 Å². The number of hydrogen-bond acceptors (Lipinski definition) is 2. The number of hydrogen-bond donors (Lipinski definition) is 2. The molecule has 0 spiro atoms. The normalized spacial score (nSPS) is 11.9. The lowest BCUT2D eigenvalue weighted by atomic mass is 9.93. The Bertz CT molecular complexity index is 1350. The molecule has 0 fully saturated rings. The van der Waals surface area contributed by atoms with Crippen molar-refractivity contribution in [3.05, 3.63) is 70.8 Å². The van der Waals surface area contributed by atoms with Crippen molar-refractivity contribution in [3.63, 3.8) is 0 Å². The molecule has 0 amide bonds. The van der Waals surface area contributed by atoms with E-state index in [1.165, 1.54) is 11.1 Å². The number of aromatic hydroxyl groups is 2. The van der Waals surface area contributed by atoms with Crippen molar-refractivity contribution in [2.75, 3.05) is 0 Å². The molecule has 0 saturated heterocycles. The van der Waals surface area contributed by atoms with Gasteiger partial charge in [0.15, 0.2) is 0 Å². The number of benzene rings is 5. The van der Waals surface area contributed by atoms with Crippen LogP contribution in [0.25, 0.3) is 43.1 Å². The first-order valence-corrected chi connectivity index (χ1v) is 9.57. The molecule has 138 valence electrons. The Morgan fingerprint density at radius 3 is 1.07 bits per heavy atom. The molecule has 0 atom stereocenters. The van der Waals surface area contributed by atoms with Gasteiger partial charge in [-0.2, -0.15) is 0 Å². The smallest absolute Gasteiger partial charge is 0.131 e. The van der Waals surface area contributed by atoms with Crippen molar-refractivity contribution in [1.29, 1.82) is 0 Å². The molecule has 0 saturated carbocycles. The Labute approximate surface area is 163 Å². The summed E-state index contributed by atoms with van der Waals surface area (Å²) in [5.74, 6) is 0.550. The number of fused-ring (bicyclic) bond motifs is 4. The monoisotopic (exact) mass is 366 g/mol. The molecule has 0 unspecified atom stereocenters. The third kappa shape index (κ3) is 2.27. The zero-order valence-corrected chi connectivity index (χ0v) is 16.5. The number of phenols is 2. The minimum atomic E-state index is 0.275. The maximum absolute atomic E-state index is 11.0. The van der Waals surface area contributed by atoms with Crippen molar-refractivity contribution >= 4 is 43.1 Å². The highest BCUT2D eigenvalue weighted by atomic mass is 16.3. The molecule has 0 aliphatic heterocycles. The van der Waals surface area contributed by atoms with Crippen LogP contribution in [0.1, 0.15) is 22.3 Å². The van der Waals surface area contributed by atoms with E-state index in [1.54, 1.807) is 0 Å². The molecule has 2 nitrogen and oxygen atoms in total. The molecule has 5 rings (SSSR count). The van der Waals surface area contributed by atoms with Gasteiger partial charge in [0, 0.05) is 21.5 Å². The molecule has 5 aromatic rings. The summed E-state index contributed by atoms with van der Waals surface area (Å²) in [7, 11) is 0. The zero-order valence-electron chi connectivity index (χ0n) is 16.5. The van der Waals surface area contributed by atoms with Crippen LogP contribution >= 0.6 is 0 Å². The zero-order chi connectivity index (χ0) is 19.7. The van der Waals surface area contributed by atoms with Gasteiger partial charge in [0.25, 0.3) is 0 Å². The van der Waals surface area contributed by atoms with Crippen LogP contribution in [0.3, 0.4) is 0 Å². The van der Waals surface area contributed by atoms with Crippen LogP contribution in [0, 0.1) is 27.7 Å². The highest BCUT2D eigenvalue weighted by molar-refractivity contribution is 6.14. The fraction of sp³-hybridized carbons (Fsp3) is 0.154. The summed E-state index contributed by atoms with van der Waals surface area (Å²) in [6.45, 7) is 8.29. The largest absolute Gasteiger partial charge is 0.507 e. The molecule has 0 bridgehead atoms. The summed E-state index contributed by atoms with van der Waals surface area (Å²) in [4.78, 5) is 0. The molecule has 2 heteroatoms. The van der Waals surface area contributed by atoms with Crippen molar-refractivity contribution < 1.29 is 10.2 Å². The lowest BCUT2D eigenvalue weighted by Gasteiger charge is -2.13. The van der Waals surface area contributed by atoms with Crippen molar-refractivity contribution in [1.82, 2.24) is 0 Å². The number of phenolic OH excluding ortho intramolecular Hbond substituents is 2. The van der Waals surface area contributed by atoms with E-state index in [4.69, 9.17) is 0 Å².